The van der Waals surface area contributed by atoms with Gasteiger partial charge < -0.3 is 0 Å². The van der Waals surface area contributed by atoms with Crippen molar-refractivity contribution in [1.29, 1.82) is 0 Å². The standard InChI is InChI=1S/C14H18N4O2/c1-10-8-13-15-9-12(11(2)18(13)16-10)14(19)17-6-4-3-5-7-20-17/h8-9H,3-7H2,1-2H3. The van der Waals surface area contributed by atoms with Crippen molar-refractivity contribution in [1.82, 2.24) is 19.7 Å². The first-order valence-electron chi connectivity index (χ1n) is 6.93. The van der Waals surface area contributed by atoms with Crippen molar-refractivity contribution in [3.05, 3.63) is 29.2 Å². The van der Waals surface area contributed by atoms with E-state index in [0.717, 1.165) is 36.3 Å². The summed E-state index contributed by atoms with van der Waals surface area (Å²) >= 11 is 0. The average Bonchev–Trinajstić information content (AvgIpc) is 2.64. The number of fused-ring (bicyclic) bond motifs is 1. The molecule has 0 radical (unpaired) electrons. The second kappa shape index (κ2) is 5.20. The summed E-state index contributed by atoms with van der Waals surface area (Å²) in [5.41, 5.74) is 2.98. The van der Waals surface area contributed by atoms with Crippen molar-refractivity contribution >= 4 is 11.6 Å². The van der Waals surface area contributed by atoms with Gasteiger partial charge in [-0.2, -0.15) is 5.10 Å². The van der Waals surface area contributed by atoms with Crippen molar-refractivity contribution < 1.29 is 9.63 Å². The van der Waals surface area contributed by atoms with E-state index in [2.05, 4.69) is 10.1 Å². The number of hydrogen-bond acceptors (Lipinski definition) is 4. The largest absolute Gasteiger partial charge is 0.280 e. The molecule has 1 aliphatic rings. The highest BCUT2D eigenvalue weighted by molar-refractivity contribution is 5.94. The van der Waals surface area contributed by atoms with Crippen LogP contribution in [0.3, 0.4) is 0 Å². The van der Waals surface area contributed by atoms with Gasteiger partial charge >= 0.3 is 0 Å². The van der Waals surface area contributed by atoms with Crippen molar-refractivity contribution in [2.24, 2.45) is 0 Å². The zero-order valence-corrected chi connectivity index (χ0v) is 11.8. The molecule has 20 heavy (non-hydrogen) atoms. The maximum Gasteiger partial charge on any atom is 0.280 e. The van der Waals surface area contributed by atoms with Crippen LogP contribution in [-0.2, 0) is 4.84 Å². The van der Waals surface area contributed by atoms with E-state index in [0.29, 0.717) is 18.7 Å². The number of rotatable bonds is 1. The molecule has 1 saturated heterocycles. The summed E-state index contributed by atoms with van der Waals surface area (Å²) in [7, 11) is 0. The predicted octanol–water partition coefficient (Wildman–Crippen LogP) is 1.90. The van der Waals surface area contributed by atoms with Crippen molar-refractivity contribution in [2.45, 2.75) is 33.1 Å². The van der Waals surface area contributed by atoms with E-state index in [9.17, 15) is 4.79 Å². The van der Waals surface area contributed by atoms with Gasteiger partial charge in [0.25, 0.3) is 5.91 Å². The molecule has 6 nitrogen and oxygen atoms in total. The van der Waals surface area contributed by atoms with Gasteiger partial charge in [-0.1, -0.05) is 0 Å². The minimum Gasteiger partial charge on any atom is -0.271 e. The Labute approximate surface area is 117 Å². The summed E-state index contributed by atoms with van der Waals surface area (Å²) in [5.74, 6) is -0.132. The van der Waals surface area contributed by atoms with E-state index in [-0.39, 0.29) is 5.91 Å². The van der Waals surface area contributed by atoms with E-state index in [4.69, 9.17) is 4.84 Å². The monoisotopic (exact) mass is 274 g/mol. The van der Waals surface area contributed by atoms with Gasteiger partial charge in [-0.05, 0) is 33.1 Å². The molecule has 6 heteroatoms. The molecule has 0 aromatic carbocycles. The van der Waals surface area contributed by atoms with Crippen LogP contribution in [0.2, 0.25) is 0 Å². The van der Waals surface area contributed by atoms with Crippen LogP contribution >= 0.6 is 0 Å². The molecule has 2 aromatic heterocycles. The normalized spacial score (nSPS) is 16.4. The first kappa shape index (κ1) is 13.1. The number of carbonyl (C=O) groups excluding carboxylic acids is 1. The zero-order chi connectivity index (χ0) is 14.1. The highest BCUT2D eigenvalue weighted by Crippen LogP contribution is 2.16. The Hall–Kier alpha value is -1.95. The number of hydroxylamine groups is 2. The van der Waals surface area contributed by atoms with E-state index in [1.165, 1.54) is 5.06 Å². The number of carbonyl (C=O) groups is 1. The molecule has 0 saturated carbocycles. The van der Waals surface area contributed by atoms with Crippen molar-refractivity contribution in [3.63, 3.8) is 0 Å². The fourth-order valence-electron chi connectivity index (χ4n) is 2.44. The summed E-state index contributed by atoms with van der Waals surface area (Å²) in [5, 5.41) is 5.82. The van der Waals surface area contributed by atoms with Crippen LogP contribution in [0.5, 0.6) is 0 Å². The fourth-order valence-corrected chi connectivity index (χ4v) is 2.44. The van der Waals surface area contributed by atoms with Gasteiger partial charge in [-0.3, -0.25) is 9.63 Å². The Balaban J connectivity index is 1.96. The third kappa shape index (κ3) is 2.27. The number of aryl methyl sites for hydroxylation is 2. The minimum absolute atomic E-state index is 0.132. The fraction of sp³-hybridized carbons (Fsp3) is 0.500. The second-order valence-electron chi connectivity index (χ2n) is 5.11. The Morgan fingerprint density at radius 2 is 2.15 bits per heavy atom. The van der Waals surface area contributed by atoms with E-state index >= 15 is 0 Å². The van der Waals surface area contributed by atoms with Crippen LogP contribution in [0.15, 0.2) is 12.3 Å². The highest BCUT2D eigenvalue weighted by Gasteiger charge is 2.22. The molecule has 1 fully saturated rings. The van der Waals surface area contributed by atoms with Crippen LogP contribution in [0.4, 0.5) is 0 Å². The molecule has 1 amide bonds. The first-order valence-corrected chi connectivity index (χ1v) is 6.93. The molecular formula is C14H18N4O2. The molecule has 106 valence electrons. The number of hydrogen-bond donors (Lipinski definition) is 0. The molecule has 1 aliphatic heterocycles. The minimum atomic E-state index is -0.132. The lowest BCUT2D eigenvalue weighted by Crippen LogP contribution is -2.32. The molecule has 3 rings (SSSR count). The van der Waals surface area contributed by atoms with Crippen LogP contribution in [-0.4, -0.2) is 38.7 Å². The van der Waals surface area contributed by atoms with Gasteiger partial charge in [0.2, 0.25) is 0 Å². The summed E-state index contributed by atoms with van der Waals surface area (Å²) < 4.78 is 1.71. The predicted molar refractivity (Wildman–Crippen MR) is 73.3 cm³/mol. The van der Waals surface area contributed by atoms with Crippen molar-refractivity contribution in [3.8, 4) is 0 Å². The Morgan fingerprint density at radius 3 is 3.00 bits per heavy atom. The van der Waals surface area contributed by atoms with Gasteiger partial charge in [-0.15, -0.1) is 0 Å². The SMILES string of the molecule is Cc1cc2ncc(C(=O)N3CCCCCO3)c(C)n2n1. The summed E-state index contributed by atoms with van der Waals surface area (Å²) in [4.78, 5) is 22.4. The van der Waals surface area contributed by atoms with E-state index in [1.54, 1.807) is 10.7 Å². The number of amides is 1. The highest BCUT2D eigenvalue weighted by atomic mass is 16.7. The molecule has 0 spiro atoms. The Kier molecular flexibility index (Phi) is 3.40. The summed E-state index contributed by atoms with van der Waals surface area (Å²) in [6.45, 7) is 5.02. The summed E-state index contributed by atoms with van der Waals surface area (Å²) in [6.07, 6.45) is 4.68. The lowest BCUT2D eigenvalue weighted by atomic mass is 10.2. The van der Waals surface area contributed by atoms with Gasteiger partial charge in [0.15, 0.2) is 5.65 Å². The van der Waals surface area contributed by atoms with Crippen LogP contribution in [0.1, 0.15) is 41.0 Å². The molecule has 0 N–H and O–H groups in total. The third-order valence-electron chi connectivity index (χ3n) is 3.56. The Morgan fingerprint density at radius 1 is 1.30 bits per heavy atom. The molecule has 0 atom stereocenters. The van der Waals surface area contributed by atoms with Gasteiger partial charge in [0, 0.05) is 18.8 Å². The lowest BCUT2D eigenvalue weighted by Gasteiger charge is -2.20. The summed E-state index contributed by atoms with van der Waals surface area (Å²) in [6, 6.07) is 1.89. The van der Waals surface area contributed by atoms with Gasteiger partial charge in [0.05, 0.1) is 23.6 Å². The van der Waals surface area contributed by atoms with E-state index < -0.39 is 0 Å². The average molecular weight is 274 g/mol. The Bertz CT molecular complexity index is 642. The molecule has 0 unspecified atom stereocenters. The number of aromatic nitrogens is 3. The first-order chi connectivity index (χ1) is 9.66. The molecule has 0 bridgehead atoms. The molecule has 0 aliphatic carbocycles. The van der Waals surface area contributed by atoms with Crippen LogP contribution < -0.4 is 0 Å². The molecule has 3 heterocycles. The topological polar surface area (TPSA) is 59.7 Å². The molecule has 2 aromatic rings. The van der Waals surface area contributed by atoms with Gasteiger partial charge in [-0.25, -0.2) is 14.6 Å². The number of nitrogens with zero attached hydrogens (tertiary/aromatic N) is 4. The van der Waals surface area contributed by atoms with Crippen molar-refractivity contribution in [2.75, 3.05) is 13.2 Å². The van der Waals surface area contributed by atoms with Crippen LogP contribution in [0, 0.1) is 13.8 Å². The maximum atomic E-state index is 12.5. The third-order valence-corrected chi connectivity index (χ3v) is 3.56. The smallest absolute Gasteiger partial charge is 0.271 e. The second-order valence-corrected chi connectivity index (χ2v) is 5.11. The lowest BCUT2D eigenvalue weighted by molar-refractivity contribution is -0.115. The maximum absolute atomic E-state index is 12.5. The van der Waals surface area contributed by atoms with E-state index in [1.807, 2.05) is 19.9 Å². The van der Waals surface area contributed by atoms with Gasteiger partial charge in [0.1, 0.15) is 0 Å². The zero-order valence-electron chi connectivity index (χ0n) is 11.8. The van der Waals surface area contributed by atoms with Crippen LogP contribution in [0.25, 0.3) is 5.65 Å². The molecular weight excluding hydrogens is 256 g/mol. The quantitative estimate of drug-likeness (QED) is 0.797.